The van der Waals surface area contributed by atoms with Gasteiger partial charge in [-0.05, 0) is 105 Å². The highest BCUT2D eigenvalue weighted by molar-refractivity contribution is 5.81. The minimum absolute atomic E-state index is 0.667. The molecule has 0 spiro atoms. The molecule has 0 bridgehead atoms. The highest BCUT2D eigenvalue weighted by Gasteiger charge is 2.23. The highest BCUT2D eigenvalue weighted by atomic mass is 16.5. The van der Waals surface area contributed by atoms with Crippen LogP contribution in [-0.2, 0) is 25.7 Å². The number of rotatable bonds is 11. The highest BCUT2D eigenvalue weighted by Crippen LogP contribution is 2.44. The van der Waals surface area contributed by atoms with Crippen LogP contribution in [0.4, 0.5) is 0 Å². The van der Waals surface area contributed by atoms with Crippen LogP contribution in [0.3, 0.4) is 0 Å². The summed E-state index contributed by atoms with van der Waals surface area (Å²) in [6, 6.07) is 2.35. The van der Waals surface area contributed by atoms with Gasteiger partial charge in [0.05, 0.1) is 13.2 Å². The molecule has 2 rings (SSSR count). The molecule has 0 amide bonds. The molecule has 0 radical (unpaired) electrons. The van der Waals surface area contributed by atoms with Gasteiger partial charge in [-0.3, -0.25) is 0 Å². The summed E-state index contributed by atoms with van der Waals surface area (Å²) in [6.07, 6.45) is 7.44. The van der Waals surface area contributed by atoms with Gasteiger partial charge in [-0.15, -0.1) is 13.2 Å². The lowest BCUT2D eigenvalue weighted by molar-refractivity contribution is 0.333. The Morgan fingerprint density at radius 1 is 0.710 bits per heavy atom. The van der Waals surface area contributed by atoms with E-state index in [-0.39, 0.29) is 0 Å². The minimum Gasteiger partial charge on any atom is -0.493 e. The van der Waals surface area contributed by atoms with Crippen molar-refractivity contribution in [2.45, 2.75) is 74.1 Å². The molecule has 0 heterocycles. The van der Waals surface area contributed by atoms with Gasteiger partial charge in [-0.2, -0.15) is 0 Å². The number of ether oxygens (including phenoxy) is 2. The Morgan fingerprint density at radius 3 is 1.71 bits per heavy atom. The molecule has 0 aliphatic heterocycles. The Kier molecular flexibility index (Phi) is 8.98. The van der Waals surface area contributed by atoms with Crippen LogP contribution >= 0.6 is 0 Å². The van der Waals surface area contributed by atoms with Crippen molar-refractivity contribution in [2.24, 2.45) is 0 Å². The van der Waals surface area contributed by atoms with Crippen LogP contribution < -0.4 is 9.47 Å². The molecule has 2 nitrogen and oxygen atoms in total. The second kappa shape index (κ2) is 11.2. The van der Waals surface area contributed by atoms with Crippen molar-refractivity contribution >= 4 is 0 Å². The topological polar surface area (TPSA) is 18.5 Å². The fraction of sp³-hybridized carbons (Fsp3) is 0.448. The largest absolute Gasteiger partial charge is 0.493 e. The van der Waals surface area contributed by atoms with E-state index in [0.717, 1.165) is 37.2 Å². The minimum atomic E-state index is 0.667. The molecule has 2 aromatic rings. The normalized spacial score (nSPS) is 10.8. The fourth-order valence-electron chi connectivity index (χ4n) is 4.76. The summed E-state index contributed by atoms with van der Waals surface area (Å²) in [7, 11) is 0. The molecule has 0 atom stereocenters. The first kappa shape index (κ1) is 24.8. The number of benzene rings is 2. The Balaban J connectivity index is 2.99. The zero-order chi connectivity index (χ0) is 23.1. The van der Waals surface area contributed by atoms with Crippen LogP contribution in [-0.4, -0.2) is 13.2 Å². The van der Waals surface area contributed by atoms with Crippen molar-refractivity contribution in [2.75, 3.05) is 13.2 Å². The number of allylic oxidation sites excluding steroid dienone is 2. The summed E-state index contributed by atoms with van der Waals surface area (Å²) >= 11 is 0. The first-order valence-electron chi connectivity index (χ1n) is 11.7. The zero-order valence-electron chi connectivity index (χ0n) is 20.7. The van der Waals surface area contributed by atoms with Crippen molar-refractivity contribution in [3.8, 4) is 22.6 Å². The van der Waals surface area contributed by atoms with Gasteiger partial charge < -0.3 is 9.47 Å². The fourth-order valence-corrected chi connectivity index (χ4v) is 4.76. The molecule has 0 aliphatic carbocycles. The molecule has 0 saturated heterocycles. The van der Waals surface area contributed by atoms with Gasteiger partial charge in [0.15, 0.2) is 0 Å². The van der Waals surface area contributed by atoms with Gasteiger partial charge in [0.2, 0.25) is 0 Å². The summed E-state index contributed by atoms with van der Waals surface area (Å²) in [5.41, 5.74) is 11.6. The third-order valence-corrected chi connectivity index (χ3v) is 6.22. The maximum absolute atomic E-state index is 6.17. The van der Waals surface area contributed by atoms with E-state index in [1.807, 2.05) is 12.2 Å². The van der Waals surface area contributed by atoms with Gasteiger partial charge >= 0.3 is 0 Å². The molecule has 0 fully saturated rings. The Morgan fingerprint density at radius 2 is 1.23 bits per heavy atom. The summed E-state index contributed by atoms with van der Waals surface area (Å²) in [5.74, 6) is 2.09. The Hall–Kier alpha value is -2.48. The summed E-state index contributed by atoms with van der Waals surface area (Å²) < 4.78 is 12.3. The molecule has 31 heavy (non-hydrogen) atoms. The standard InChI is InChI=1S/C29H40O2/c1-10-16-24-19(7)26(18-22(12-3)28(24)30-14-5)27-20(8)23(13-4)29(31-15-6)25(17-11-2)21(27)9/h10-11,18H,1-2,12-17H2,3-9H3. The predicted octanol–water partition coefficient (Wildman–Crippen LogP) is 7.66. The molecule has 0 aromatic heterocycles. The summed E-state index contributed by atoms with van der Waals surface area (Å²) in [5, 5.41) is 0. The smallest absolute Gasteiger partial charge is 0.126 e. The lowest BCUT2D eigenvalue weighted by atomic mass is 9.82. The average Bonchev–Trinajstić information content (AvgIpc) is 2.75. The second-order valence-corrected chi connectivity index (χ2v) is 7.99. The second-order valence-electron chi connectivity index (χ2n) is 7.99. The molecule has 0 N–H and O–H groups in total. The molecular formula is C29H40O2. The van der Waals surface area contributed by atoms with E-state index in [4.69, 9.17) is 9.47 Å². The van der Waals surface area contributed by atoms with Gasteiger partial charge in [-0.1, -0.05) is 26.0 Å². The number of hydrogen-bond acceptors (Lipinski definition) is 2. The van der Waals surface area contributed by atoms with Crippen LogP contribution in [0.15, 0.2) is 31.4 Å². The van der Waals surface area contributed by atoms with E-state index in [1.165, 1.54) is 50.1 Å². The maximum Gasteiger partial charge on any atom is 0.126 e. The summed E-state index contributed by atoms with van der Waals surface area (Å²) in [4.78, 5) is 0. The van der Waals surface area contributed by atoms with Crippen molar-refractivity contribution in [1.29, 1.82) is 0 Å². The lowest BCUT2D eigenvalue weighted by Crippen LogP contribution is -2.09. The molecular weight excluding hydrogens is 380 g/mol. The first-order valence-corrected chi connectivity index (χ1v) is 11.7. The molecule has 2 heteroatoms. The number of aryl methyl sites for hydroxylation is 1. The van der Waals surface area contributed by atoms with Crippen LogP contribution in [0.2, 0.25) is 0 Å². The molecule has 168 valence electrons. The quantitative estimate of drug-likeness (QED) is 0.347. The maximum atomic E-state index is 6.17. The first-order chi connectivity index (χ1) is 14.9. The van der Waals surface area contributed by atoms with Gasteiger partial charge in [0.1, 0.15) is 11.5 Å². The van der Waals surface area contributed by atoms with E-state index >= 15 is 0 Å². The summed E-state index contributed by atoms with van der Waals surface area (Å²) in [6.45, 7) is 24.6. The van der Waals surface area contributed by atoms with Crippen LogP contribution in [0, 0.1) is 20.8 Å². The zero-order valence-corrected chi connectivity index (χ0v) is 20.7. The van der Waals surface area contributed by atoms with E-state index in [9.17, 15) is 0 Å². The molecule has 2 aromatic carbocycles. The van der Waals surface area contributed by atoms with Gasteiger partial charge in [-0.25, -0.2) is 0 Å². The van der Waals surface area contributed by atoms with Crippen LogP contribution in [0.1, 0.15) is 66.6 Å². The van der Waals surface area contributed by atoms with Crippen LogP contribution in [0.5, 0.6) is 11.5 Å². The van der Waals surface area contributed by atoms with Crippen LogP contribution in [0.25, 0.3) is 11.1 Å². The van der Waals surface area contributed by atoms with Gasteiger partial charge in [0, 0.05) is 11.1 Å². The van der Waals surface area contributed by atoms with E-state index < -0.39 is 0 Å². The third kappa shape index (κ3) is 4.74. The van der Waals surface area contributed by atoms with Crippen molar-refractivity contribution in [3.05, 3.63) is 70.3 Å². The molecule has 0 unspecified atom stereocenters. The molecule has 0 aliphatic rings. The third-order valence-electron chi connectivity index (χ3n) is 6.22. The predicted molar refractivity (Wildman–Crippen MR) is 135 cm³/mol. The van der Waals surface area contributed by atoms with E-state index in [0.29, 0.717) is 13.2 Å². The number of hydrogen-bond donors (Lipinski definition) is 0. The van der Waals surface area contributed by atoms with E-state index in [1.54, 1.807) is 0 Å². The van der Waals surface area contributed by atoms with Gasteiger partial charge in [0.25, 0.3) is 0 Å². The Bertz CT molecular complexity index is 950. The van der Waals surface area contributed by atoms with Crippen molar-refractivity contribution < 1.29 is 9.47 Å². The van der Waals surface area contributed by atoms with E-state index in [2.05, 4.69) is 67.7 Å². The lowest BCUT2D eigenvalue weighted by Gasteiger charge is -2.26. The average molecular weight is 421 g/mol. The monoisotopic (exact) mass is 420 g/mol. The van der Waals surface area contributed by atoms with Crippen molar-refractivity contribution in [1.82, 2.24) is 0 Å². The Labute approximate surface area is 190 Å². The SMILES string of the molecule is C=CCc1c(C)c(-c2c(C)c(CC)c(OCC)c(CC=C)c2C)cc(CC)c1OCC. The molecule has 0 saturated carbocycles. The van der Waals surface area contributed by atoms with Crippen molar-refractivity contribution in [3.63, 3.8) is 0 Å².